The molecule has 13 heteroatoms. The SMILES string of the molecule is CCSc1nsc(NC(=O)C(Sc2ccc(NC(=O)/C(=C/c3c(F)cccc3Cl)NC(=O)c3ccccc3)cc2)c2ccccc2)n1. The molecule has 238 valence electrons. The van der Waals surface area contributed by atoms with E-state index in [-0.39, 0.29) is 22.2 Å². The first-order valence-corrected chi connectivity index (χ1v) is 17.2. The van der Waals surface area contributed by atoms with Crippen molar-refractivity contribution < 1.29 is 18.8 Å². The van der Waals surface area contributed by atoms with Gasteiger partial charge in [-0.1, -0.05) is 84.9 Å². The van der Waals surface area contributed by atoms with Crippen LogP contribution in [-0.4, -0.2) is 32.8 Å². The van der Waals surface area contributed by atoms with Gasteiger partial charge >= 0.3 is 0 Å². The Morgan fingerprint density at radius 1 is 0.915 bits per heavy atom. The fraction of sp³-hybridized carbons (Fsp3) is 0.0882. The number of halogens is 2. The Morgan fingerprint density at radius 3 is 2.30 bits per heavy atom. The van der Waals surface area contributed by atoms with Gasteiger partial charge in [0.2, 0.25) is 16.2 Å². The molecular weight excluding hydrogens is 677 g/mol. The third-order valence-electron chi connectivity index (χ3n) is 6.43. The number of thioether (sulfide) groups is 2. The molecule has 1 aromatic heterocycles. The van der Waals surface area contributed by atoms with Gasteiger partial charge in [-0.05, 0) is 65.9 Å². The van der Waals surface area contributed by atoms with Crippen molar-refractivity contribution in [2.24, 2.45) is 0 Å². The predicted octanol–water partition coefficient (Wildman–Crippen LogP) is 8.32. The summed E-state index contributed by atoms with van der Waals surface area (Å²) in [4.78, 5) is 44.9. The van der Waals surface area contributed by atoms with E-state index >= 15 is 0 Å². The minimum atomic E-state index is -0.687. The summed E-state index contributed by atoms with van der Waals surface area (Å²) in [5.74, 6) is -1.32. The Balaban J connectivity index is 1.33. The van der Waals surface area contributed by atoms with Crippen LogP contribution in [0.1, 0.15) is 33.7 Å². The van der Waals surface area contributed by atoms with Gasteiger partial charge in [0.1, 0.15) is 16.8 Å². The zero-order valence-electron chi connectivity index (χ0n) is 24.8. The van der Waals surface area contributed by atoms with Gasteiger partial charge in [0, 0.05) is 33.2 Å². The topological polar surface area (TPSA) is 113 Å². The molecule has 5 aromatic rings. The predicted molar refractivity (Wildman–Crippen MR) is 188 cm³/mol. The monoisotopic (exact) mass is 703 g/mol. The van der Waals surface area contributed by atoms with Gasteiger partial charge in [-0.2, -0.15) is 9.36 Å². The molecule has 47 heavy (non-hydrogen) atoms. The van der Waals surface area contributed by atoms with Crippen LogP contribution in [-0.2, 0) is 9.59 Å². The summed E-state index contributed by atoms with van der Waals surface area (Å²) in [5.41, 5.74) is 1.28. The zero-order valence-corrected chi connectivity index (χ0v) is 28.0. The molecule has 0 saturated heterocycles. The number of hydrogen-bond acceptors (Lipinski definition) is 8. The molecule has 1 unspecified atom stereocenters. The fourth-order valence-corrected chi connectivity index (χ4v) is 6.72. The molecule has 0 radical (unpaired) electrons. The third kappa shape index (κ3) is 9.29. The second kappa shape index (κ2) is 16.4. The number of aromatic nitrogens is 2. The summed E-state index contributed by atoms with van der Waals surface area (Å²) in [6, 6.07) is 28.7. The minimum Gasteiger partial charge on any atom is -0.321 e. The first kappa shape index (κ1) is 33.9. The molecule has 0 aliphatic heterocycles. The molecule has 0 aliphatic rings. The van der Waals surface area contributed by atoms with Crippen LogP contribution >= 0.6 is 46.7 Å². The summed E-state index contributed by atoms with van der Waals surface area (Å²) >= 11 is 10.2. The smallest absolute Gasteiger partial charge is 0.272 e. The van der Waals surface area contributed by atoms with Crippen molar-refractivity contribution in [2.45, 2.75) is 22.2 Å². The highest BCUT2D eigenvalue weighted by atomic mass is 35.5. The molecule has 4 aromatic carbocycles. The second-order valence-corrected chi connectivity index (χ2v) is 13.3. The van der Waals surface area contributed by atoms with E-state index < -0.39 is 22.9 Å². The molecular formula is C34H27ClFN5O3S3. The van der Waals surface area contributed by atoms with E-state index in [0.717, 1.165) is 27.7 Å². The molecule has 3 amide bonds. The number of rotatable bonds is 12. The highest BCUT2D eigenvalue weighted by Gasteiger charge is 2.24. The third-order valence-corrected chi connectivity index (χ3v) is 9.51. The number of nitrogens with zero attached hydrogens (tertiary/aromatic N) is 2. The first-order valence-electron chi connectivity index (χ1n) is 14.2. The van der Waals surface area contributed by atoms with Crippen molar-refractivity contribution in [3.05, 3.63) is 136 Å². The van der Waals surface area contributed by atoms with Crippen molar-refractivity contribution in [1.82, 2.24) is 14.7 Å². The Kier molecular flexibility index (Phi) is 11.8. The maximum Gasteiger partial charge on any atom is 0.272 e. The van der Waals surface area contributed by atoms with Gasteiger partial charge in [0.25, 0.3) is 11.8 Å². The lowest BCUT2D eigenvalue weighted by atomic mass is 10.1. The van der Waals surface area contributed by atoms with Crippen molar-refractivity contribution in [1.29, 1.82) is 0 Å². The Labute approximate surface area is 288 Å². The van der Waals surface area contributed by atoms with E-state index in [1.54, 1.807) is 54.6 Å². The van der Waals surface area contributed by atoms with Crippen LogP contribution in [0, 0.1) is 5.82 Å². The standard InChI is InChI=1S/C34H27ClFN5O3S3/c1-2-45-34-40-33(47-41-34)39-32(44)29(21-10-5-3-6-11-21)46-24-18-16-23(17-19-24)37-31(43)28(20-25-26(35)14-9-15-27(25)36)38-30(42)22-12-7-4-8-13-22/h3-20,29H,2H2,1H3,(H,37,43)(H,38,42)(H,39,40,41,44)/b28-20-. The van der Waals surface area contributed by atoms with Crippen LogP contribution in [0.5, 0.6) is 0 Å². The Hall–Kier alpha value is -4.49. The molecule has 8 nitrogen and oxygen atoms in total. The number of nitrogens with one attached hydrogen (secondary N) is 3. The number of carbonyl (C=O) groups is 3. The lowest BCUT2D eigenvalue weighted by molar-refractivity contribution is -0.116. The maximum atomic E-state index is 14.6. The van der Waals surface area contributed by atoms with Gasteiger partial charge in [-0.25, -0.2) is 4.39 Å². The molecule has 0 bridgehead atoms. The van der Waals surface area contributed by atoms with E-state index in [4.69, 9.17) is 11.6 Å². The van der Waals surface area contributed by atoms with Crippen LogP contribution in [0.4, 0.5) is 15.2 Å². The van der Waals surface area contributed by atoms with Crippen molar-refractivity contribution in [3.8, 4) is 0 Å². The van der Waals surface area contributed by atoms with Crippen LogP contribution < -0.4 is 16.0 Å². The van der Waals surface area contributed by atoms with Crippen LogP contribution in [0.15, 0.2) is 119 Å². The van der Waals surface area contributed by atoms with Gasteiger partial charge in [0.05, 0.1) is 5.02 Å². The van der Waals surface area contributed by atoms with Crippen LogP contribution in [0.3, 0.4) is 0 Å². The normalized spacial score (nSPS) is 11.9. The largest absolute Gasteiger partial charge is 0.321 e. The van der Waals surface area contributed by atoms with Gasteiger partial charge < -0.3 is 10.6 Å². The maximum absolute atomic E-state index is 14.6. The van der Waals surface area contributed by atoms with E-state index in [1.165, 1.54) is 47.8 Å². The highest BCUT2D eigenvalue weighted by molar-refractivity contribution is 8.00. The van der Waals surface area contributed by atoms with Crippen LogP contribution in [0.2, 0.25) is 5.02 Å². The molecule has 1 heterocycles. The molecule has 1 atom stereocenters. The molecule has 0 spiro atoms. The van der Waals surface area contributed by atoms with Crippen molar-refractivity contribution in [3.63, 3.8) is 0 Å². The van der Waals surface area contributed by atoms with E-state index in [2.05, 4.69) is 25.3 Å². The van der Waals surface area contributed by atoms with Crippen LogP contribution in [0.25, 0.3) is 6.08 Å². The number of carbonyl (C=O) groups excluding carboxylic acids is 3. The molecule has 0 saturated carbocycles. The van der Waals surface area contributed by atoms with Gasteiger partial charge in [-0.3, -0.25) is 19.7 Å². The summed E-state index contributed by atoms with van der Waals surface area (Å²) in [6.45, 7) is 2.00. The van der Waals surface area contributed by atoms with Gasteiger partial charge in [0.15, 0.2) is 0 Å². The van der Waals surface area contributed by atoms with E-state index in [9.17, 15) is 18.8 Å². The van der Waals surface area contributed by atoms with E-state index in [1.807, 2.05) is 37.3 Å². The molecule has 0 aliphatic carbocycles. The second-order valence-electron chi connectivity index (χ2n) is 9.70. The summed E-state index contributed by atoms with van der Waals surface area (Å²) < 4.78 is 18.9. The summed E-state index contributed by atoms with van der Waals surface area (Å²) in [6.07, 6.45) is 1.20. The minimum absolute atomic E-state index is 0.0430. The summed E-state index contributed by atoms with van der Waals surface area (Å²) in [7, 11) is 0. The average molecular weight is 704 g/mol. The number of anilines is 2. The number of amides is 3. The Morgan fingerprint density at radius 2 is 1.62 bits per heavy atom. The molecule has 0 fully saturated rings. The molecule has 5 rings (SSSR count). The zero-order chi connectivity index (χ0) is 33.2. The highest BCUT2D eigenvalue weighted by Crippen LogP contribution is 2.37. The fourth-order valence-electron chi connectivity index (χ4n) is 4.21. The lowest BCUT2D eigenvalue weighted by Gasteiger charge is -2.16. The molecule has 3 N–H and O–H groups in total. The Bertz CT molecular complexity index is 1870. The van der Waals surface area contributed by atoms with Crippen molar-refractivity contribution in [2.75, 3.05) is 16.4 Å². The van der Waals surface area contributed by atoms with Crippen molar-refractivity contribution >= 4 is 81.3 Å². The lowest BCUT2D eigenvalue weighted by Crippen LogP contribution is -2.30. The van der Waals surface area contributed by atoms with E-state index in [0.29, 0.717) is 21.5 Å². The average Bonchev–Trinajstić information content (AvgIpc) is 3.52. The number of benzene rings is 4. The summed E-state index contributed by atoms with van der Waals surface area (Å²) in [5, 5.41) is 8.72. The first-order chi connectivity index (χ1) is 22.8. The number of hydrogen-bond donors (Lipinski definition) is 3. The quantitative estimate of drug-likeness (QED) is 0.0885. The van der Waals surface area contributed by atoms with Gasteiger partial charge in [-0.15, -0.1) is 11.8 Å².